The number of halogens is 1. The third-order valence-electron chi connectivity index (χ3n) is 4.81. The largest absolute Gasteiger partial charge is 0.384 e. The van der Waals surface area contributed by atoms with Crippen LogP contribution in [0, 0.1) is 13.8 Å². The number of aromatic nitrogens is 2. The molecule has 1 unspecified atom stereocenters. The highest BCUT2D eigenvalue weighted by molar-refractivity contribution is 6.31. The van der Waals surface area contributed by atoms with Gasteiger partial charge in [-0.3, -0.25) is 0 Å². The van der Waals surface area contributed by atoms with E-state index in [0.717, 1.165) is 22.4 Å². The fourth-order valence-electron chi connectivity index (χ4n) is 3.31. The van der Waals surface area contributed by atoms with Gasteiger partial charge in [-0.2, -0.15) is 0 Å². The Morgan fingerprint density at radius 1 is 1.08 bits per heavy atom. The number of aliphatic hydroxyl groups is 1. The molecule has 0 amide bonds. The minimum absolute atomic E-state index is 0.0674. The second-order valence-corrected chi connectivity index (χ2v) is 8.26. The van der Waals surface area contributed by atoms with Crippen molar-refractivity contribution in [1.29, 1.82) is 0 Å². The van der Waals surface area contributed by atoms with E-state index in [1.165, 1.54) is 5.56 Å². The molecule has 0 aliphatic heterocycles. The van der Waals surface area contributed by atoms with Crippen molar-refractivity contribution in [3.8, 4) is 5.69 Å². The molecular weight excluding hydrogens is 344 g/mol. The van der Waals surface area contributed by atoms with Crippen LogP contribution in [0.5, 0.6) is 0 Å². The van der Waals surface area contributed by atoms with Gasteiger partial charge >= 0.3 is 0 Å². The van der Waals surface area contributed by atoms with Crippen LogP contribution in [-0.4, -0.2) is 14.7 Å². The van der Waals surface area contributed by atoms with Gasteiger partial charge in [-0.05, 0) is 59.7 Å². The van der Waals surface area contributed by atoms with Crippen LogP contribution >= 0.6 is 11.6 Å². The van der Waals surface area contributed by atoms with Crippen LogP contribution in [0.1, 0.15) is 54.7 Å². The van der Waals surface area contributed by atoms with Crippen molar-refractivity contribution in [3.05, 3.63) is 81.9 Å². The molecule has 0 bridgehead atoms. The Bertz CT molecular complexity index is 901. The van der Waals surface area contributed by atoms with Crippen LogP contribution in [-0.2, 0) is 5.41 Å². The van der Waals surface area contributed by atoms with Gasteiger partial charge in [0.05, 0.1) is 6.33 Å². The van der Waals surface area contributed by atoms with Gasteiger partial charge in [-0.1, -0.05) is 44.5 Å². The van der Waals surface area contributed by atoms with E-state index in [9.17, 15) is 5.11 Å². The van der Waals surface area contributed by atoms with Crippen LogP contribution in [0.25, 0.3) is 5.69 Å². The molecule has 0 saturated heterocycles. The lowest BCUT2D eigenvalue weighted by molar-refractivity contribution is 0.219. The standard InChI is InChI=1S/C22H25ClN2O/c1-14-10-16(22(3,4)5)11-15(2)20(14)21(26)18-12-17(6-7-19(18)23)25-9-8-24-13-25/h6-13,21,26H,1-5H3. The quantitative estimate of drug-likeness (QED) is 0.660. The number of rotatable bonds is 3. The van der Waals surface area contributed by atoms with E-state index in [1.807, 2.05) is 29.0 Å². The van der Waals surface area contributed by atoms with Crippen LogP contribution in [0.15, 0.2) is 49.1 Å². The highest BCUT2D eigenvalue weighted by Crippen LogP contribution is 2.35. The van der Waals surface area contributed by atoms with E-state index >= 15 is 0 Å². The summed E-state index contributed by atoms with van der Waals surface area (Å²) in [4.78, 5) is 4.08. The molecule has 4 heteroatoms. The Kier molecular flexibility index (Phi) is 4.96. The molecule has 0 spiro atoms. The van der Waals surface area contributed by atoms with Gasteiger partial charge in [0.1, 0.15) is 6.10 Å². The van der Waals surface area contributed by atoms with Gasteiger partial charge in [0.15, 0.2) is 0 Å². The average Bonchev–Trinajstić information content (AvgIpc) is 3.08. The van der Waals surface area contributed by atoms with E-state index in [-0.39, 0.29) is 5.41 Å². The molecule has 1 N–H and O–H groups in total. The molecular formula is C22H25ClN2O. The molecule has 1 atom stereocenters. The minimum Gasteiger partial charge on any atom is -0.384 e. The van der Waals surface area contributed by atoms with Crippen LogP contribution < -0.4 is 0 Å². The van der Waals surface area contributed by atoms with Crippen molar-refractivity contribution in [3.63, 3.8) is 0 Å². The maximum atomic E-state index is 11.1. The first kappa shape index (κ1) is 18.7. The predicted molar refractivity (Wildman–Crippen MR) is 107 cm³/mol. The Morgan fingerprint density at radius 2 is 1.73 bits per heavy atom. The number of aryl methyl sites for hydroxylation is 2. The van der Waals surface area contributed by atoms with Crippen LogP contribution in [0.4, 0.5) is 0 Å². The summed E-state index contributed by atoms with van der Waals surface area (Å²) >= 11 is 6.43. The summed E-state index contributed by atoms with van der Waals surface area (Å²) in [6.45, 7) is 10.7. The summed E-state index contributed by atoms with van der Waals surface area (Å²) in [7, 11) is 0. The molecule has 3 nitrogen and oxygen atoms in total. The average molecular weight is 369 g/mol. The zero-order chi connectivity index (χ0) is 19.1. The maximum Gasteiger partial charge on any atom is 0.106 e. The normalized spacial score (nSPS) is 13.0. The topological polar surface area (TPSA) is 38.0 Å². The Labute approximate surface area is 160 Å². The lowest BCUT2D eigenvalue weighted by Crippen LogP contribution is -2.14. The van der Waals surface area contributed by atoms with Gasteiger partial charge in [-0.15, -0.1) is 0 Å². The van der Waals surface area contributed by atoms with Gasteiger partial charge < -0.3 is 9.67 Å². The highest BCUT2D eigenvalue weighted by atomic mass is 35.5. The van der Waals surface area contributed by atoms with Gasteiger partial charge in [0.2, 0.25) is 0 Å². The Morgan fingerprint density at radius 3 is 2.27 bits per heavy atom. The fraction of sp³-hybridized carbons (Fsp3) is 0.318. The highest BCUT2D eigenvalue weighted by Gasteiger charge is 2.22. The number of hydrogen-bond acceptors (Lipinski definition) is 2. The van der Waals surface area contributed by atoms with E-state index in [4.69, 9.17) is 11.6 Å². The first-order valence-electron chi connectivity index (χ1n) is 8.76. The minimum atomic E-state index is -0.778. The number of hydrogen-bond donors (Lipinski definition) is 1. The van der Waals surface area contributed by atoms with Gasteiger partial charge in [0, 0.05) is 28.7 Å². The molecule has 136 valence electrons. The third-order valence-corrected chi connectivity index (χ3v) is 5.15. The number of nitrogens with zero attached hydrogens (tertiary/aromatic N) is 2. The molecule has 0 aliphatic rings. The summed E-state index contributed by atoms with van der Waals surface area (Å²) in [5.41, 5.74) is 6.02. The van der Waals surface area contributed by atoms with Crippen molar-refractivity contribution in [1.82, 2.24) is 9.55 Å². The third kappa shape index (κ3) is 3.55. The van der Waals surface area contributed by atoms with Gasteiger partial charge in [0.25, 0.3) is 0 Å². The summed E-state index contributed by atoms with van der Waals surface area (Å²) in [5.74, 6) is 0. The van der Waals surface area contributed by atoms with Crippen molar-refractivity contribution < 1.29 is 5.11 Å². The lowest BCUT2D eigenvalue weighted by atomic mass is 9.82. The Balaban J connectivity index is 2.07. The van der Waals surface area contributed by atoms with E-state index in [1.54, 1.807) is 12.5 Å². The van der Waals surface area contributed by atoms with E-state index < -0.39 is 6.10 Å². The van der Waals surface area contributed by atoms with E-state index in [2.05, 4.69) is 51.7 Å². The summed E-state index contributed by atoms with van der Waals surface area (Å²) in [6, 6.07) is 10.00. The molecule has 0 aliphatic carbocycles. The molecule has 3 rings (SSSR count). The fourth-order valence-corrected chi connectivity index (χ4v) is 3.53. The monoisotopic (exact) mass is 368 g/mol. The lowest BCUT2D eigenvalue weighted by Gasteiger charge is -2.25. The maximum absolute atomic E-state index is 11.1. The smallest absolute Gasteiger partial charge is 0.106 e. The SMILES string of the molecule is Cc1cc(C(C)(C)C)cc(C)c1C(O)c1cc(-n2ccnc2)ccc1Cl. The molecule has 0 fully saturated rings. The zero-order valence-corrected chi connectivity index (χ0v) is 16.7. The van der Waals surface area contributed by atoms with Gasteiger partial charge in [-0.25, -0.2) is 4.98 Å². The Hall–Kier alpha value is -2.10. The molecule has 0 saturated carbocycles. The van der Waals surface area contributed by atoms with Crippen molar-refractivity contribution in [2.24, 2.45) is 0 Å². The zero-order valence-electron chi connectivity index (χ0n) is 15.9. The van der Waals surface area contributed by atoms with Crippen LogP contribution in [0.3, 0.4) is 0 Å². The molecule has 3 aromatic rings. The number of benzene rings is 2. The first-order valence-corrected chi connectivity index (χ1v) is 9.13. The van der Waals surface area contributed by atoms with Crippen molar-refractivity contribution >= 4 is 11.6 Å². The van der Waals surface area contributed by atoms with Crippen LogP contribution in [0.2, 0.25) is 5.02 Å². The summed E-state index contributed by atoms with van der Waals surface area (Å²) in [5, 5.41) is 11.7. The molecule has 26 heavy (non-hydrogen) atoms. The first-order chi connectivity index (χ1) is 12.2. The second kappa shape index (κ2) is 6.90. The van der Waals surface area contributed by atoms with Crippen molar-refractivity contribution in [2.45, 2.75) is 46.1 Å². The predicted octanol–water partition coefficient (Wildman–Crippen LogP) is 5.52. The number of aliphatic hydroxyl groups excluding tert-OH is 1. The van der Waals surface area contributed by atoms with Crippen molar-refractivity contribution in [2.75, 3.05) is 0 Å². The molecule has 0 radical (unpaired) electrons. The molecule has 1 aromatic heterocycles. The molecule has 2 aromatic carbocycles. The van der Waals surface area contributed by atoms with E-state index in [0.29, 0.717) is 10.6 Å². The summed E-state index contributed by atoms with van der Waals surface area (Å²) < 4.78 is 1.90. The molecule has 1 heterocycles. The second-order valence-electron chi connectivity index (χ2n) is 7.85. The summed E-state index contributed by atoms with van der Waals surface area (Å²) in [6.07, 6.45) is 4.55. The number of imidazole rings is 1.